The van der Waals surface area contributed by atoms with E-state index in [4.69, 9.17) is 14.2 Å². The van der Waals surface area contributed by atoms with Crippen LogP contribution in [0.2, 0.25) is 0 Å². The lowest BCUT2D eigenvalue weighted by Gasteiger charge is -2.24. The molecule has 0 radical (unpaired) electrons. The normalized spacial score (nSPS) is 11.7. The van der Waals surface area contributed by atoms with Gasteiger partial charge in [0.25, 0.3) is 0 Å². The summed E-state index contributed by atoms with van der Waals surface area (Å²) in [5, 5.41) is 9.40. The van der Waals surface area contributed by atoms with Gasteiger partial charge in [0.1, 0.15) is 12.4 Å². The minimum Gasteiger partial charge on any atom is -0.493 e. The summed E-state index contributed by atoms with van der Waals surface area (Å²) < 4.78 is 16.9. The maximum Gasteiger partial charge on any atom is 0.333 e. The monoisotopic (exact) mass is 486 g/mol. The summed E-state index contributed by atoms with van der Waals surface area (Å²) >= 11 is 0. The van der Waals surface area contributed by atoms with Crippen molar-refractivity contribution < 1.29 is 24.1 Å². The highest BCUT2D eigenvalue weighted by Gasteiger charge is 2.19. The number of carboxylic acid groups (broad SMARTS) is 1. The first-order valence-corrected chi connectivity index (χ1v) is 12.9. The third kappa shape index (κ3) is 10.6. The molecule has 0 amide bonds. The van der Waals surface area contributed by atoms with Gasteiger partial charge in [0.15, 0.2) is 17.6 Å². The van der Waals surface area contributed by atoms with Crippen molar-refractivity contribution in [3.8, 4) is 11.5 Å². The van der Waals surface area contributed by atoms with Gasteiger partial charge in [-0.15, -0.1) is 0 Å². The number of carbonyl (C=O) groups is 1. The van der Waals surface area contributed by atoms with Crippen LogP contribution in [0.15, 0.2) is 42.6 Å². The fourth-order valence-corrected chi connectivity index (χ4v) is 4.00. The summed E-state index contributed by atoms with van der Waals surface area (Å²) in [6.07, 6.45) is 10.0. The molecule has 0 bridgehead atoms. The smallest absolute Gasteiger partial charge is 0.333 e. The molecule has 0 fully saturated rings. The number of methoxy groups -OCH3 is 1. The van der Waals surface area contributed by atoms with E-state index in [1.807, 2.05) is 42.6 Å². The molecule has 0 aliphatic carbocycles. The number of benzene rings is 1. The van der Waals surface area contributed by atoms with Crippen molar-refractivity contribution in [3.05, 3.63) is 48.2 Å². The van der Waals surface area contributed by atoms with Crippen molar-refractivity contribution in [2.24, 2.45) is 0 Å². The van der Waals surface area contributed by atoms with Gasteiger partial charge in [-0.05, 0) is 43.2 Å². The van der Waals surface area contributed by atoms with Crippen molar-refractivity contribution >= 4 is 11.8 Å². The van der Waals surface area contributed by atoms with Gasteiger partial charge in [-0.3, -0.25) is 0 Å². The maximum absolute atomic E-state index is 11.5. The Morgan fingerprint density at radius 2 is 1.77 bits per heavy atom. The van der Waals surface area contributed by atoms with Gasteiger partial charge < -0.3 is 24.2 Å². The van der Waals surface area contributed by atoms with E-state index in [0.29, 0.717) is 31.3 Å². The van der Waals surface area contributed by atoms with Crippen molar-refractivity contribution in [1.29, 1.82) is 0 Å². The second kappa shape index (κ2) is 16.8. The highest BCUT2D eigenvalue weighted by Crippen LogP contribution is 2.29. The molecule has 1 aromatic carbocycles. The second-order valence-electron chi connectivity index (χ2n) is 8.62. The van der Waals surface area contributed by atoms with Crippen molar-refractivity contribution in [2.75, 3.05) is 38.3 Å². The Bertz CT molecular complexity index is 846. The Hall–Kier alpha value is -2.80. The summed E-state index contributed by atoms with van der Waals surface area (Å²) in [4.78, 5) is 18.3. The number of rotatable bonds is 19. The molecule has 0 saturated heterocycles. The van der Waals surface area contributed by atoms with Crippen molar-refractivity contribution in [2.45, 2.75) is 71.3 Å². The van der Waals surface area contributed by atoms with Gasteiger partial charge in [0.2, 0.25) is 0 Å². The number of unbranched alkanes of at least 4 members (excludes halogenated alkanes) is 6. The zero-order valence-electron chi connectivity index (χ0n) is 21.6. The molecule has 35 heavy (non-hydrogen) atoms. The van der Waals surface area contributed by atoms with E-state index in [9.17, 15) is 9.90 Å². The molecule has 0 saturated carbocycles. The molecular weight excluding hydrogens is 444 g/mol. The lowest BCUT2D eigenvalue weighted by molar-refractivity contribution is -0.149. The number of pyridine rings is 1. The van der Waals surface area contributed by atoms with E-state index in [0.717, 1.165) is 24.3 Å². The molecule has 0 spiro atoms. The number of hydrogen-bond donors (Lipinski definition) is 1. The summed E-state index contributed by atoms with van der Waals surface area (Å²) in [6, 6.07) is 11.5. The van der Waals surface area contributed by atoms with Crippen molar-refractivity contribution in [1.82, 2.24) is 4.98 Å². The molecule has 1 aromatic heterocycles. The van der Waals surface area contributed by atoms with Crippen LogP contribution in [0.5, 0.6) is 11.5 Å². The van der Waals surface area contributed by atoms with Crippen LogP contribution >= 0.6 is 0 Å². The number of anilines is 1. The lowest BCUT2D eigenvalue weighted by atomic mass is 10.1. The van der Waals surface area contributed by atoms with Gasteiger partial charge in [-0.1, -0.05) is 57.6 Å². The molecule has 2 aromatic rings. The van der Waals surface area contributed by atoms with E-state index in [-0.39, 0.29) is 6.42 Å². The fraction of sp³-hybridized carbons (Fsp3) is 0.571. The Labute approximate surface area is 210 Å². The third-order valence-corrected chi connectivity index (χ3v) is 5.92. The largest absolute Gasteiger partial charge is 0.493 e. The van der Waals surface area contributed by atoms with E-state index in [2.05, 4.69) is 16.8 Å². The van der Waals surface area contributed by atoms with Gasteiger partial charge in [-0.2, -0.15) is 0 Å². The fourth-order valence-electron chi connectivity index (χ4n) is 4.00. The van der Waals surface area contributed by atoms with Gasteiger partial charge in [0, 0.05) is 25.8 Å². The topological polar surface area (TPSA) is 81.1 Å². The standard InChI is InChI=1S/C28H42N2O5/c1-4-6-7-8-9-10-13-18-30(27-14-11-12-17-29-27)19-20-35-25-21-23(15-16-24(25)33-3)22-26(28(31)32)34-5-2/h11-12,14-17,21,26H,4-10,13,18-20,22H2,1-3H3,(H,31,32). The highest BCUT2D eigenvalue weighted by molar-refractivity contribution is 5.72. The third-order valence-electron chi connectivity index (χ3n) is 5.92. The number of nitrogens with zero attached hydrogens (tertiary/aromatic N) is 2. The molecule has 1 N–H and O–H groups in total. The lowest BCUT2D eigenvalue weighted by Crippen LogP contribution is -2.30. The van der Waals surface area contributed by atoms with Crippen LogP contribution in [-0.2, 0) is 16.0 Å². The van der Waals surface area contributed by atoms with Gasteiger partial charge in [-0.25, -0.2) is 9.78 Å². The SMILES string of the molecule is CCCCCCCCCN(CCOc1cc(CC(OCC)C(=O)O)ccc1OC)c1ccccn1. The van der Waals surface area contributed by atoms with Gasteiger partial charge >= 0.3 is 5.97 Å². The van der Waals surface area contributed by atoms with E-state index >= 15 is 0 Å². The van der Waals surface area contributed by atoms with Gasteiger partial charge in [0.05, 0.1) is 13.7 Å². The number of ether oxygens (including phenoxy) is 3. The van der Waals surface area contributed by atoms with E-state index in [1.165, 1.54) is 38.5 Å². The molecule has 1 heterocycles. The average Bonchev–Trinajstić information content (AvgIpc) is 2.87. The van der Waals surface area contributed by atoms with Crippen LogP contribution in [0.1, 0.15) is 64.4 Å². The average molecular weight is 487 g/mol. The highest BCUT2D eigenvalue weighted by atomic mass is 16.5. The molecule has 0 aliphatic heterocycles. The molecule has 194 valence electrons. The van der Waals surface area contributed by atoms with Crippen LogP contribution in [0.3, 0.4) is 0 Å². The second-order valence-corrected chi connectivity index (χ2v) is 8.62. The summed E-state index contributed by atoms with van der Waals surface area (Å²) in [5.74, 6) is 1.20. The van der Waals surface area contributed by atoms with Crippen molar-refractivity contribution in [3.63, 3.8) is 0 Å². The number of aliphatic carboxylic acids is 1. The predicted molar refractivity (Wildman–Crippen MR) is 140 cm³/mol. The molecule has 1 unspecified atom stereocenters. The zero-order chi connectivity index (χ0) is 25.3. The molecule has 1 atom stereocenters. The Morgan fingerprint density at radius 3 is 2.43 bits per heavy atom. The number of carboxylic acids is 1. The van der Waals surface area contributed by atoms with E-state index in [1.54, 1.807) is 14.0 Å². The minimum atomic E-state index is -0.971. The molecule has 2 rings (SSSR count). The quantitative estimate of drug-likeness (QED) is 0.253. The molecule has 0 aliphatic rings. The van der Waals surface area contributed by atoms with Crippen LogP contribution < -0.4 is 14.4 Å². The summed E-state index contributed by atoms with van der Waals surface area (Å²) in [6.45, 7) is 6.46. The molecular formula is C28H42N2O5. The first-order chi connectivity index (χ1) is 17.1. The molecule has 7 heteroatoms. The zero-order valence-corrected chi connectivity index (χ0v) is 21.6. The first kappa shape index (κ1) is 28.4. The summed E-state index contributed by atoms with van der Waals surface area (Å²) in [7, 11) is 1.60. The van der Waals surface area contributed by atoms with Crippen LogP contribution in [0.25, 0.3) is 0 Å². The Kier molecular flexibility index (Phi) is 13.6. The van der Waals surface area contributed by atoms with E-state index < -0.39 is 12.1 Å². The van der Waals surface area contributed by atoms with Crippen LogP contribution in [0.4, 0.5) is 5.82 Å². The number of hydrogen-bond acceptors (Lipinski definition) is 6. The summed E-state index contributed by atoms with van der Waals surface area (Å²) in [5.41, 5.74) is 0.825. The first-order valence-electron chi connectivity index (χ1n) is 12.9. The van der Waals surface area contributed by atoms with Crippen LogP contribution in [0, 0.1) is 0 Å². The maximum atomic E-state index is 11.5. The predicted octanol–water partition coefficient (Wildman–Crippen LogP) is 5.76. The Balaban J connectivity index is 1.96. The minimum absolute atomic E-state index is 0.266. The number of aromatic nitrogens is 1. The Morgan fingerprint density at radius 1 is 1.00 bits per heavy atom. The van der Waals surface area contributed by atoms with Crippen LogP contribution in [-0.4, -0.2) is 55.6 Å². The molecule has 7 nitrogen and oxygen atoms in total.